The molecule has 0 saturated carbocycles. The van der Waals surface area contributed by atoms with Gasteiger partial charge in [0.05, 0.1) is 5.69 Å². The van der Waals surface area contributed by atoms with Crippen LogP contribution in [0, 0.1) is 13.8 Å². The summed E-state index contributed by atoms with van der Waals surface area (Å²) in [5.74, 6) is -0.853. The molecule has 2 aromatic rings. The summed E-state index contributed by atoms with van der Waals surface area (Å²) in [6.07, 6.45) is 3.78. The minimum atomic E-state index is -0.853. The monoisotopic (exact) mass is 305 g/mol. The molecule has 6 heteroatoms. The van der Waals surface area contributed by atoms with Crippen LogP contribution in [0.1, 0.15) is 39.9 Å². The number of nitrogens with zero attached hydrogens (tertiary/aromatic N) is 3. The fourth-order valence-electron chi connectivity index (χ4n) is 2.82. The number of carboxylic acids is 1. The van der Waals surface area contributed by atoms with Crippen molar-refractivity contribution in [3.8, 4) is 0 Å². The summed E-state index contributed by atoms with van der Waals surface area (Å²) < 4.78 is 1.90. The van der Waals surface area contributed by atoms with Crippen LogP contribution in [0.4, 0.5) is 5.13 Å². The number of hydrogen-bond acceptors (Lipinski definition) is 4. The van der Waals surface area contributed by atoms with Gasteiger partial charge >= 0.3 is 5.97 Å². The standard InChI is InChI=1S/C15H19N3O2S/c1-10-11(2)21-15(16-10)17-8-5-12(6-9-17)18-7-3-4-13(18)14(19)20/h3-4,7,12H,5-6,8-9H2,1-2H3,(H,19,20). The Morgan fingerprint density at radius 2 is 2.10 bits per heavy atom. The molecule has 1 saturated heterocycles. The second kappa shape index (κ2) is 5.52. The van der Waals surface area contributed by atoms with Gasteiger partial charge in [0.15, 0.2) is 5.13 Å². The molecule has 3 heterocycles. The molecule has 1 aliphatic heterocycles. The number of aromatic nitrogens is 2. The zero-order valence-electron chi connectivity index (χ0n) is 12.2. The third kappa shape index (κ3) is 2.68. The van der Waals surface area contributed by atoms with Gasteiger partial charge in [0.1, 0.15) is 5.69 Å². The number of aromatic carboxylic acids is 1. The van der Waals surface area contributed by atoms with Crippen molar-refractivity contribution in [1.82, 2.24) is 9.55 Å². The van der Waals surface area contributed by atoms with E-state index in [1.807, 2.05) is 23.8 Å². The molecule has 2 aromatic heterocycles. The molecule has 21 heavy (non-hydrogen) atoms. The summed E-state index contributed by atoms with van der Waals surface area (Å²) in [6.45, 7) is 5.99. The van der Waals surface area contributed by atoms with Gasteiger partial charge in [-0.25, -0.2) is 9.78 Å². The van der Waals surface area contributed by atoms with Crippen LogP contribution >= 0.6 is 11.3 Å². The fourth-order valence-corrected chi connectivity index (χ4v) is 3.78. The Kier molecular flexibility index (Phi) is 3.71. The van der Waals surface area contributed by atoms with Gasteiger partial charge < -0.3 is 14.6 Å². The molecule has 0 aliphatic carbocycles. The van der Waals surface area contributed by atoms with E-state index < -0.39 is 5.97 Å². The first kappa shape index (κ1) is 14.1. The van der Waals surface area contributed by atoms with E-state index in [0.29, 0.717) is 5.69 Å². The van der Waals surface area contributed by atoms with Crippen molar-refractivity contribution in [3.63, 3.8) is 0 Å². The van der Waals surface area contributed by atoms with Gasteiger partial charge in [-0.2, -0.15) is 0 Å². The number of anilines is 1. The minimum absolute atomic E-state index is 0.268. The molecule has 5 nitrogen and oxygen atoms in total. The van der Waals surface area contributed by atoms with Crippen LogP contribution in [-0.4, -0.2) is 33.7 Å². The number of piperidine rings is 1. The molecule has 3 rings (SSSR count). The van der Waals surface area contributed by atoms with Crippen molar-refractivity contribution >= 4 is 22.4 Å². The third-order valence-corrected chi connectivity index (χ3v) is 5.28. The maximum absolute atomic E-state index is 11.2. The Bertz CT molecular complexity index is 634. The SMILES string of the molecule is Cc1nc(N2CCC(n3cccc3C(=O)O)CC2)sc1C. The number of thiazole rings is 1. The highest BCUT2D eigenvalue weighted by Crippen LogP contribution is 2.31. The van der Waals surface area contributed by atoms with Crippen LogP contribution in [0.3, 0.4) is 0 Å². The summed E-state index contributed by atoms with van der Waals surface area (Å²) in [6, 6.07) is 3.75. The van der Waals surface area contributed by atoms with E-state index in [4.69, 9.17) is 0 Å². The third-order valence-electron chi connectivity index (χ3n) is 4.14. The van der Waals surface area contributed by atoms with Crippen molar-refractivity contribution in [3.05, 3.63) is 34.6 Å². The molecule has 112 valence electrons. The molecule has 0 radical (unpaired) electrons. The predicted molar refractivity (Wildman–Crippen MR) is 83.5 cm³/mol. The molecule has 1 N–H and O–H groups in total. The topological polar surface area (TPSA) is 58.4 Å². The first-order valence-electron chi connectivity index (χ1n) is 7.15. The number of hydrogen-bond donors (Lipinski definition) is 1. The van der Waals surface area contributed by atoms with E-state index in [1.165, 1.54) is 4.88 Å². The molecule has 0 unspecified atom stereocenters. The van der Waals surface area contributed by atoms with E-state index in [2.05, 4.69) is 16.8 Å². The summed E-state index contributed by atoms with van der Waals surface area (Å²) in [4.78, 5) is 19.4. The van der Waals surface area contributed by atoms with E-state index >= 15 is 0 Å². The molecular formula is C15H19N3O2S. The summed E-state index contributed by atoms with van der Waals surface area (Å²) in [5.41, 5.74) is 1.49. The number of aryl methyl sites for hydroxylation is 2. The highest BCUT2D eigenvalue weighted by molar-refractivity contribution is 7.15. The Hall–Kier alpha value is -1.82. The number of carboxylic acid groups (broad SMARTS) is 1. The lowest BCUT2D eigenvalue weighted by atomic mass is 10.1. The summed E-state index contributed by atoms with van der Waals surface area (Å²) in [7, 11) is 0. The fraction of sp³-hybridized carbons (Fsp3) is 0.467. The van der Waals surface area contributed by atoms with Crippen molar-refractivity contribution in [1.29, 1.82) is 0 Å². The molecule has 0 spiro atoms. The Morgan fingerprint density at radius 3 is 2.67 bits per heavy atom. The Balaban J connectivity index is 1.70. The van der Waals surface area contributed by atoms with Gasteiger partial charge in [-0.3, -0.25) is 0 Å². The Morgan fingerprint density at radius 1 is 1.38 bits per heavy atom. The van der Waals surface area contributed by atoms with Crippen molar-refractivity contribution in [2.75, 3.05) is 18.0 Å². The first-order valence-corrected chi connectivity index (χ1v) is 7.97. The average molecular weight is 305 g/mol. The van der Waals surface area contributed by atoms with Crippen LogP contribution < -0.4 is 4.90 Å². The lowest BCUT2D eigenvalue weighted by molar-refractivity contribution is 0.0681. The van der Waals surface area contributed by atoms with Crippen LogP contribution in [0.25, 0.3) is 0 Å². The quantitative estimate of drug-likeness (QED) is 0.946. The predicted octanol–water partition coefficient (Wildman–Crippen LogP) is 3.10. The average Bonchev–Trinajstić information content (AvgIpc) is 3.07. The van der Waals surface area contributed by atoms with E-state index in [-0.39, 0.29) is 6.04 Å². The van der Waals surface area contributed by atoms with Crippen molar-refractivity contribution in [2.24, 2.45) is 0 Å². The lowest BCUT2D eigenvalue weighted by Gasteiger charge is -2.33. The zero-order valence-corrected chi connectivity index (χ0v) is 13.1. The zero-order chi connectivity index (χ0) is 15.0. The second-order valence-electron chi connectivity index (χ2n) is 5.46. The smallest absolute Gasteiger partial charge is 0.352 e. The van der Waals surface area contributed by atoms with Gasteiger partial charge in [0, 0.05) is 30.2 Å². The van der Waals surface area contributed by atoms with Crippen LogP contribution in [0.2, 0.25) is 0 Å². The lowest BCUT2D eigenvalue weighted by Crippen LogP contribution is -2.35. The van der Waals surface area contributed by atoms with Gasteiger partial charge in [0.2, 0.25) is 0 Å². The van der Waals surface area contributed by atoms with Crippen molar-refractivity contribution < 1.29 is 9.90 Å². The van der Waals surface area contributed by atoms with Crippen LogP contribution in [0.5, 0.6) is 0 Å². The van der Waals surface area contributed by atoms with Gasteiger partial charge in [-0.1, -0.05) is 0 Å². The van der Waals surface area contributed by atoms with E-state index in [0.717, 1.165) is 36.8 Å². The maximum atomic E-state index is 11.2. The second-order valence-corrected chi connectivity index (χ2v) is 6.64. The van der Waals surface area contributed by atoms with Gasteiger partial charge in [-0.05, 0) is 38.8 Å². The molecule has 0 atom stereocenters. The molecule has 0 aromatic carbocycles. The molecule has 1 fully saturated rings. The first-order chi connectivity index (χ1) is 10.1. The molecule has 0 amide bonds. The maximum Gasteiger partial charge on any atom is 0.352 e. The number of rotatable bonds is 3. The van der Waals surface area contributed by atoms with E-state index in [9.17, 15) is 9.90 Å². The molecular weight excluding hydrogens is 286 g/mol. The highest BCUT2D eigenvalue weighted by atomic mass is 32.1. The van der Waals surface area contributed by atoms with E-state index in [1.54, 1.807) is 17.4 Å². The molecule has 1 aliphatic rings. The van der Waals surface area contributed by atoms with Gasteiger partial charge in [0.25, 0.3) is 0 Å². The summed E-state index contributed by atoms with van der Waals surface area (Å²) >= 11 is 1.74. The normalized spacial score (nSPS) is 16.4. The molecule has 0 bridgehead atoms. The summed E-state index contributed by atoms with van der Waals surface area (Å²) in [5, 5.41) is 10.3. The largest absolute Gasteiger partial charge is 0.477 e. The Labute approximate surface area is 127 Å². The number of carbonyl (C=O) groups is 1. The highest BCUT2D eigenvalue weighted by Gasteiger charge is 2.24. The van der Waals surface area contributed by atoms with Crippen LogP contribution in [0.15, 0.2) is 18.3 Å². The minimum Gasteiger partial charge on any atom is -0.477 e. The van der Waals surface area contributed by atoms with Gasteiger partial charge in [-0.15, -0.1) is 11.3 Å². The van der Waals surface area contributed by atoms with Crippen LogP contribution in [-0.2, 0) is 0 Å². The van der Waals surface area contributed by atoms with Crippen molar-refractivity contribution in [2.45, 2.75) is 32.7 Å².